The molecule has 0 spiro atoms. The van der Waals surface area contributed by atoms with E-state index in [1.54, 1.807) is 0 Å². The fraction of sp³-hybridized carbons (Fsp3) is 0.250. The van der Waals surface area contributed by atoms with Crippen molar-refractivity contribution in [1.82, 2.24) is 25.4 Å². The molecule has 2 aromatic heterocycles. The number of rotatable bonds is 4. The molecule has 1 fully saturated rings. The average Bonchev–Trinajstić information content (AvgIpc) is 3.16. The zero-order valence-corrected chi connectivity index (χ0v) is 17.6. The van der Waals surface area contributed by atoms with Crippen molar-refractivity contribution < 1.29 is 13.9 Å². The lowest BCUT2D eigenvalue weighted by atomic mass is 10.0. The first kappa shape index (κ1) is 20.5. The van der Waals surface area contributed by atoms with E-state index < -0.39 is 5.82 Å². The van der Waals surface area contributed by atoms with E-state index in [9.17, 15) is 13.9 Å². The zero-order valence-electron chi connectivity index (χ0n) is 17.6. The van der Waals surface area contributed by atoms with Crippen molar-refractivity contribution in [2.24, 2.45) is 0 Å². The molecule has 1 saturated heterocycles. The van der Waals surface area contributed by atoms with Crippen molar-refractivity contribution in [2.45, 2.75) is 19.5 Å². The molecule has 0 radical (unpaired) electrons. The highest BCUT2D eigenvalue weighted by Gasteiger charge is 2.25. The fourth-order valence-electron chi connectivity index (χ4n) is 4.41. The molecule has 1 aliphatic heterocycles. The number of aromatic nitrogens is 3. The molecule has 1 atom stereocenters. The third-order valence-corrected chi connectivity index (χ3v) is 6.00. The highest BCUT2D eigenvalue weighted by molar-refractivity contribution is 5.84. The number of aromatic amines is 1. The molecule has 0 amide bonds. The maximum absolute atomic E-state index is 14.6. The molecule has 4 aromatic rings. The van der Waals surface area contributed by atoms with Crippen LogP contribution in [0.5, 0.6) is 5.75 Å². The van der Waals surface area contributed by atoms with Gasteiger partial charge in [0.15, 0.2) is 5.65 Å². The number of nitrogens with one attached hydrogen (secondary N) is 2. The van der Waals surface area contributed by atoms with Crippen LogP contribution in [0.25, 0.3) is 22.3 Å². The van der Waals surface area contributed by atoms with Crippen LogP contribution in [-0.2, 0) is 6.54 Å². The van der Waals surface area contributed by atoms with Gasteiger partial charge < -0.3 is 10.4 Å². The van der Waals surface area contributed by atoms with E-state index in [0.29, 0.717) is 23.4 Å². The Balaban J connectivity index is 1.56. The summed E-state index contributed by atoms with van der Waals surface area (Å²) in [6, 6.07) is 12.6. The molecule has 3 heterocycles. The number of halogens is 2. The Morgan fingerprint density at radius 3 is 2.72 bits per heavy atom. The second-order valence-corrected chi connectivity index (χ2v) is 8.12. The number of piperazine rings is 1. The maximum atomic E-state index is 14.6. The highest BCUT2D eigenvalue weighted by atomic mass is 19.1. The maximum Gasteiger partial charge on any atom is 0.182 e. The van der Waals surface area contributed by atoms with Gasteiger partial charge in [-0.1, -0.05) is 12.1 Å². The number of hydrogen-bond acceptors (Lipinski definition) is 5. The van der Waals surface area contributed by atoms with Gasteiger partial charge in [0.25, 0.3) is 0 Å². The van der Waals surface area contributed by atoms with Gasteiger partial charge in [0.05, 0.1) is 5.69 Å². The van der Waals surface area contributed by atoms with Crippen molar-refractivity contribution in [1.29, 1.82) is 0 Å². The number of aryl methyl sites for hydroxylation is 1. The third kappa shape index (κ3) is 3.83. The minimum Gasteiger partial charge on any atom is -0.508 e. The van der Waals surface area contributed by atoms with E-state index in [1.807, 2.05) is 25.1 Å². The van der Waals surface area contributed by atoms with Crippen LogP contribution in [-0.4, -0.2) is 44.8 Å². The molecule has 2 aromatic carbocycles. The molecule has 164 valence electrons. The van der Waals surface area contributed by atoms with E-state index in [0.717, 1.165) is 47.9 Å². The number of hydrogen-bond donors (Lipinski definition) is 3. The van der Waals surface area contributed by atoms with Gasteiger partial charge in [-0.2, -0.15) is 5.10 Å². The molecule has 32 heavy (non-hydrogen) atoms. The van der Waals surface area contributed by atoms with E-state index in [1.165, 1.54) is 24.3 Å². The highest BCUT2D eigenvalue weighted by Crippen LogP contribution is 2.32. The van der Waals surface area contributed by atoms with Gasteiger partial charge in [0.1, 0.15) is 17.4 Å². The Kier molecular flexibility index (Phi) is 5.32. The predicted octanol–water partition coefficient (Wildman–Crippen LogP) is 4.06. The summed E-state index contributed by atoms with van der Waals surface area (Å²) in [7, 11) is 0. The second kappa shape index (κ2) is 8.29. The number of phenolic OH excluding ortho intramolecular Hbond substituents is 1. The van der Waals surface area contributed by atoms with Crippen molar-refractivity contribution in [3.8, 4) is 17.0 Å². The van der Waals surface area contributed by atoms with Crippen molar-refractivity contribution >= 4 is 11.0 Å². The van der Waals surface area contributed by atoms with Gasteiger partial charge in [0.2, 0.25) is 0 Å². The minimum absolute atomic E-state index is 0.0774. The van der Waals surface area contributed by atoms with E-state index in [-0.39, 0.29) is 17.6 Å². The van der Waals surface area contributed by atoms with Crippen LogP contribution in [0.2, 0.25) is 0 Å². The molecule has 5 rings (SSSR count). The Bertz CT molecular complexity index is 1270. The summed E-state index contributed by atoms with van der Waals surface area (Å²) >= 11 is 0. The molecule has 0 unspecified atom stereocenters. The van der Waals surface area contributed by atoms with Crippen molar-refractivity contribution in [3.05, 3.63) is 77.0 Å². The summed E-state index contributed by atoms with van der Waals surface area (Å²) in [5.74, 6) is -0.929. The van der Waals surface area contributed by atoms with E-state index in [2.05, 4.69) is 25.4 Å². The van der Waals surface area contributed by atoms with Crippen LogP contribution in [0, 0.1) is 18.6 Å². The number of aromatic hydroxyl groups is 1. The lowest BCUT2D eigenvalue weighted by Crippen LogP contribution is -2.45. The number of fused-ring (bicyclic) bond motifs is 1. The summed E-state index contributed by atoms with van der Waals surface area (Å²) in [4.78, 5) is 6.90. The monoisotopic (exact) mass is 435 g/mol. The summed E-state index contributed by atoms with van der Waals surface area (Å²) in [6.45, 7) is 4.96. The van der Waals surface area contributed by atoms with Gasteiger partial charge in [-0.25, -0.2) is 13.8 Å². The zero-order chi connectivity index (χ0) is 22.2. The topological polar surface area (TPSA) is 77.1 Å². The Morgan fingerprint density at radius 1 is 1.12 bits per heavy atom. The van der Waals surface area contributed by atoms with E-state index >= 15 is 0 Å². The molecule has 0 saturated carbocycles. The van der Waals surface area contributed by atoms with Crippen LogP contribution in [0.15, 0.2) is 48.5 Å². The number of phenols is 1. The number of pyridine rings is 1. The van der Waals surface area contributed by atoms with Crippen LogP contribution in [0.1, 0.15) is 22.9 Å². The molecule has 6 nitrogen and oxygen atoms in total. The van der Waals surface area contributed by atoms with Gasteiger partial charge in [-0.05, 0) is 48.4 Å². The summed E-state index contributed by atoms with van der Waals surface area (Å²) in [6.07, 6.45) is 0. The minimum atomic E-state index is -0.540. The summed E-state index contributed by atoms with van der Waals surface area (Å²) < 4.78 is 28.0. The molecular weight excluding hydrogens is 412 g/mol. The predicted molar refractivity (Wildman–Crippen MR) is 118 cm³/mol. The van der Waals surface area contributed by atoms with Gasteiger partial charge in [0, 0.05) is 54.9 Å². The quantitative estimate of drug-likeness (QED) is 0.451. The molecule has 1 aliphatic rings. The fourth-order valence-corrected chi connectivity index (χ4v) is 4.41. The first-order valence-electron chi connectivity index (χ1n) is 10.5. The van der Waals surface area contributed by atoms with Gasteiger partial charge in [-0.15, -0.1) is 0 Å². The van der Waals surface area contributed by atoms with Crippen molar-refractivity contribution in [2.75, 3.05) is 19.6 Å². The third-order valence-electron chi connectivity index (χ3n) is 6.00. The molecule has 0 aliphatic carbocycles. The van der Waals surface area contributed by atoms with Gasteiger partial charge in [-0.3, -0.25) is 10.00 Å². The van der Waals surface area contributed by atoms with Crippen LogP contribution >= 0.6 is 0 Å². The largest absolute Gasteiger partial charge is 0.508 e. The van der Waals surface area contributed by atoms with Gasteiger partial charge >= 0.3 is 0 Å². The lowest BCUT2D eigenvalue weighted by molar-refractivity contribution is 0.154. The number of benzene rings is 2. The Hall–Kier alpha value is -3.36. The SMILES string of the molecule is Cc1[nH]nc2nc(-c3ccc(O)cc3F)cc(CN3CCNC[C@H]3c3ccc(F)cc3)c12. The number of H-pyrrole nitrogens is 1. The summed E-state index contributed by atoms with van der Waals surface area (Å²) in [5.41, 5.74) is 4.21. The van der Waals surface area contributed by atoms with Crippen LogP contribution in [0.4, 0.5) is 8.78 Å². The first-order valence-corrected chi connectivity index (χ1v) is 10.5. The normalized spacial score (nSPS) is 17.2. The standard InChI is InChI=1S/C24H23F2N5O/c1-14-23-16(13-31-9-8-27-12-22(31)15-2-4-17(25)5-3-15)10-21(28-24(23)30-29-14)19-7-6-18(32)11-20(19)26/h2-7,10-11,22,27,32H,8-9,12-13H2,1H3,(H,28,29,30)/t22-/m0/s1. The average molecular weight is 435 g/mol. The lowest BCUT2D eigenvalue weighted by Gasteiger charge is -2.36. The van der Waals surface area contributed by atoms with Crippen LogP contribution in [0.3, 0.4) is 0 Å². The molecule has 0 bridgehead atoms. The molecule has 3 N–H and O–H groups in total. The smallest absolute Gasteiger partial charge is 0.182 e. The Labute approximate surface area is 183 Å². The summed E-state index contributed by atoms with van der Waals surface area (Å²) in [5, 5.41) is 21.2. The van der Waals surface area contributed by atoms with Crippen molar-refractivity contribution in [3.63, 3.8) is 0 Å². The first-order chi connectivity index (χ1) is 15.5. The Morgan fingerprint density at radius 2 is 1.94 bits per heavy atom. The van der Waals surface area contributed by atoms with E-state index in [4.69, 9.17) is 0 Å². The van der Waals surface area contributed by atoms with Crippen LogP contribution < -0.4 is 5.32 Å². The number of nitrogens with zero attached hydrogens (tertiary/aromatic N) is 3. The second-order valence-electron chi connectivity index (χ2n) is 8.12. The molecular formula is C24H23F2N5O. The molecule has 8 heteroatoms.